The zero-order chi connectivity index (χ0) is 27.6. The monoisotopic (exact) mass is 536 g/mol. The molecular formula is C25H32N2O9S. The van der Waals surface area contributed by atoms with Crippen molar-refractivity contribution in [3.05, 3.63) is 60.2 Å². The average molecular weight is 537 g/mol. The third kappa shape index (κ3) is 9.07. The number of hydrogen-bond acceptors (Lipinski definition) is 9. The molecule has 12 heteroatoms. The second-order valence-corrected chi connectivity index (χ2v) is 10.7. The summed E-state index contributed by atoms with van der Waals surface area (Å²) in [5.41, 5.74) is -0.178. The minimum atomic E-state index is -4.45. The second kappa shape index (κ2) is 13.1. The first kappa shape index (κ1) is 29.6. The third-order valence-electron chi connectivity index (χ3n) is 4.84. The van der Waals surface area contributed by atoms with Gasteiger partial charge in [0.25, 0.3) is 0 Å². The number of sulfonamides is 1. The van der Waals surface area contributed by atoms with Crippen LogP contribution in [0.25, 0.3) is 0 Å². The molecular weight excluding hydrogens is 504 g/mol. The topological polar surface area (TPSA) is 138 Å². The summed E-state index contributed by atoms with van der Waals surface area (Å²) in [6, 6.07) is 12.7. The first-order chi connectivity index (χ1) is 17.4. The Morgan fingerprint density at radius 3 is 2.14 bits per heavy atom. The SMILES string of the molecule is COC(=O)[C@@H](CNC(=O)OCc1ccccc1)N(CC(=O)OC(C)(C)C)S(=O)(=O)c1ccc(OC)cc1. The van der Waals surface area contributed by atoms with Crippen molar-refractivity contribution >= 4 is 28.1 Å². The molecule has 2 rings (SSSR count). The van der Waals surface area contributed by atoms with E-state index in [1.165, 1.54) is 31.4 Å². The summed E-state index contributed by atoms with van der Waals surface area (Å²) in [5, 5.41) is 2.37. The Morgan fingerprint density at radius 2 is 1.59 bits per heavy atom. The van der Waals surface area contributed by atoms with Crippen molar-refractivity contribution in [2.75, 3.05) is 27.3 Å². The summed E-state index contributed by atoms with van der Waals surface area (Å²) >= 11 is 0. The molecule has 0 spiro atoms. The van der Waals surface area contributed by atoms with Gasteiger partial charge in [0.15, 0.2) is 0 Å². The fourth-order valence-electron chi connectivity index (χ4n) is 3.14. The lowest BCUT2D eigenvalue weighted by atomic mass is 10.2. The van der Waals surface area contributed by atoms with Crippen molar-refractivity contribution in [1.82, 2.24) is 9.62 Å². The van der Waals surface area contributed by atoms with Crippen molar-refractivity contribution in [3.63, 3.8) is 0 Å². The van der Waals surface area contributed by atoms with E-state index in [2.05, 4.69) is 5.32 Å². The number of amides is 1. The van der Waals surface area contributed by atoms with Crippen LogP contribution in [0, 0.1) is 0 Å². The molecule has 0 aromatic heterocycles. The van der Waals surface area contributed by atoms with E-state index >= 15 is 0 Å². The van der Waals surface area contributed by atoms with Gasteiger partial charge < -0.3 is 24.3 Å². The molecule has 0 heterocycles. The second-order valence-electron chi connectivity index (χ2n) is 8.79. The highest BCUT2D eigenvalue weighted by Crippen LogP contribution is 2.22. The van der Waals surface area contributed by atoms with E-state index in [1.54, 1.807) is 45.0 Å². The maximum absolute atomic E-state index is 13.6. The molecule has 0 radical (unpaired) electrons. The van der Waals surface area contributed by atoms with E-state index in [0.29, 0.717) is 10.1 Å². The number of carbonyl (C=O) groups is 3. The summed E-state index contributed by atoms with van der Waals surface area (Å²) in [4.78, 5) is 37.4. The van der Waals surface area contributed by atoms with Crippen LogP contribution in [-0.4, -0.2) is 69.7 Å². The Kier molecular flexibility index (Phi) is 10.4. The van der Waals surface area contributed by atoms with Gasteiger partial charge in [0, 0.05) is 6.54 Å². The van der Waals surface area contributed by atoms with Gasteiger partial charge in [-0.2, -0.15) is 4.31 Å². The van der Waals surface area contributed by atoms with Gasteiger partial charge in [-0.25, -0.2) is 13.2 Å². The molecule has 0 saturated heterocycles. The van der Waals surface area contributed by atoms with Gasteiger partial charge in [0.1, 0.15) is 30.5 Å². The smallest absolute Gasteiger partial charge is 0.407 e. The minimum absolute atomic E-state index is 0.0403. The molecule has 0 saturated carbocycles. The fourth-order valence-corrected chi connectivity index (χ4v) is 4.66. The van der Waals surface area contributed by atoms with Crippen molar-refractivity contribution in [2.45, 2.75) is 43.9 Å². The maximum Gasteiger partial charge on any atom is 0.407 e. The number of esters is 2. The molecule has 0 aliphatic rings. The summed E-state index contributed by atoms with van der Waals surface area (Å²) in [6.07, 6.45) is -0.892. The van der Waals surface area contributed by atoms with E-state index in [-0.39, 0.29) is 11.5 Å². The normalized spacial score (nSPS) is 12.4. The quantitative estimate of drug-likeness (QED) is 0.339. The molecule has 37 heavy (non-hydrogen) atoms. The predicted octanol–water partition coefficient (Wildman–Crippen LogP) is 2.50. The summed E-state index contributed by atoms with van der Waals surface area (Å²) in [5.74, 6) is -1.49. The van der Waals surface area contributed by atoms with Crippen molar-refractivity contribution in [3.8, 4) is 5.75 Å². The zero-order valence-electron chi connectivity index (χ0n) is 21.4. The Balaban J connectivity index is 2.32. The number of rotatable bonds is 11. The van der Waals surface area contributed by atoms with Gasteiger partial charge in [0.05, 0.1) is 19.1 Å². The Bertz CT molecular complexity index is 1160. The van der Waals surface area contributed by atoms with Crippen molar-refractivity contribution < 1.29 is 41.7 Å². The van der Waals surface area contributed by atoms with Gasteiger partial charge in [-0.1, -0.05) is 30.3 Å². The van der Waals surface area contributed by atoms with Gasteiger partial charge in [-0.3, -0.25) is 9.59 Å². The number of benzene rings is 2. The van der Waals surface area contributed by atoms with Crippen LogP contribution in [0.4, 0.5) is 4.79 Å². The van der Waals surface area contributed by atoms with Crippen molar-refractivity contribution in [1.29, 1.82) is 0 Å². The van der Waals surface area contributed by atoms with E-state index < -0.39 is 52.8 Å². The molecule has 1 N–H and O–H groups in total. The number of nitrogens with zero attached hydrogens (tertiary/aromatic N) is 1. The summed E-state index contributed by atoms with van der Waals surface area (Å²) in [7, 11) is -1.96. The van der Waals surface area contributed by atoms with Crippen LogP contribution in [0.2, 0.25) is 0 Å². The Hall–Kier alpha value is -3.64. The number of alkyl carbamates (subject to hydrolysis) is 1. The summed E-state index contributed by atoms with van der Waals surface area (Å²) < 4.78 is 48.1. The van der Waals surface area contributed by atoms with Crippen LogP contribution >= 0.6 is 0 Å². The lowest BCUT2D eigenvalue weighted by Crippen LogP contribution is -2.53. The molecule has 2 aromatic carbocycles. The predicted molar refractivity (Wildman–Crippen MR) is 133 cm³/mol. The third-order valence-corrected chi connectivity index (χ3v) is 6.71. The molecule has 0 unspecified atom stereocenters. The molecule has 2 aromatic rings. The molecule has 0 bridgehead atoms. The van der Waals surface area contributed by atoms with E-state index in [0.717, 1.165) is 12.7 Å². The number of hydrogen-bond donors (Lipinski definition) is 1. The number of carbonyl (C=O) groups excluding carboxylic acids is 3. The average Bonchev–Trinajstić information content (AvgIpc) is 2.86. The van der Waals surface area contributed by atoms with Crippen LogP contribution < -0.4 is 10.1 Å². The van der Waals surface area contributed by atoms with E-state index in [1.807, 2.05) is 6.07 Å². The largest absolute Gasteiger partial charge is 0.497 e. The van der Waals surface area contributed by atoms with Crippen LogP contribution in [-0.2, 0) is 40.4 Å². The first-order valence-electron chi connectivity index (χ1n) is 11.3. The van der Waals surface area contributed by atoms with Gasteiger partial charge in [0.2, 0.25) is 10.0 Å². The lowest BCUT2D eigenvalue weighted by molar-refractivity contribution is -0.156. The Labute approximate surface area is 216 Å². The van der Waals surface area contributed by atoms with Crippen LogP contribution in [0.1, 0.15) is 26.3 Å². The number of ether oxygens (including phenoxy) is 4. The molecule has 11 nitrogen and oxygen atoms in total. The molecule has 1 amide bonds. The molecule has 1 atom stereocenters. The van der Waals surface area contributed by atoms with Crippen molar-refractivity contribution in [2.24, 2.45) is 0 Å². The van der Waals surface area contributed by atoms with Crippen LogP contribution in [0.3, 0.4) is 0 Å². The van der Waals surface area contributed by atoms with Gasteiger partial charge >= 0.3 is 18.0 Å². The standard InChI is InChI=1S/C25H32N2O9S/c1-25(2,3)36-22(28)16-27(37(31,32)20-13-11-19(33-4)12-14-20)21(23(29)34-5)15-26-24(30)35-17-18-9-7-6-8-10-18/h6-14,21H,15-17H2,1-5H3,(H,26,30)/t21-/m1/s1. The van der Waals surface area contributed by atoms with E-state index in [9.17, 15) is 22.8 Å². The number of methoxy groups -OCH3 is 2. The molecule has 0 fully saturated rings. The lowest BCUT2D eigenvalue weighted by Gasteiger charge is -2.29. The molecule has 0 aliphatic heterocycles. The minimum Gasteiger partial charge on any atom is -0.497 e. The zero-order valence-corrected chi connectivity index (χ0v) is 22.2. The van der Waals surface area contributed by atoms with Crippen LogP contribution in [0.5, 0.6) is 5.75 Å². The van der Waals surface area contributed by atoms with Gasteiger partial charge in [-0.05, 0) is 50.6 Å². The molecule has 202 valence electrons. The number of nitrogens with one attached hydrogen (secondary N) is 1. The highest BCUT2D eigenvalue weighted by atomic mass is 32.2. The van der Waals surface area contributed by atoms with Gasteiger partial charge in [-0.15, -0.1) is 0 Å². The van der Waals surface area contributed by atoms with E-state index in [4.69, 9.17) is 18.9 Å². The fraction of sp³-hybridized carbons (Fsp3) is 0.400. The molecule has 0 aliphatic carbocycles. The highest BCUT2D eigenvalue weighted by Gasteiger charge is 2.39. The highest BCUT2D eigenvalue weighted by molar-refractivity contribution is 7.89. The first-order valence-corrected chi connectivity index (χ1v) is 12.7. The maximum atomic E-state index is 13.6. The summed E-state index contributed by atoms with van der Waals surface area (Å²) in [6.45, 7) is 3.48. The van der Waals surface area contributed by atoms with Crippen LogP contribution in [0.15, 0.2) is 59.5 Å². The Morgan fingerprint density at radius 1 is 0.973 bits per heavy atom.